The first-order chi connectivity index (χ1) is 6.84. The second-order valence-electron chi connectivity index (χ2n) is 3.70. The van der Waals surface area contributed by atoms with Gasteiger partial charge in [-0.2, -0.15) is 4.98 Å². The van der Waals surface area contributed by atoms with Crippen molar-refractivity contribution in [1.29, 1.82) is 0 Å². The maximum Gasteiger partial charge on any atom is 0.240 e. The first kappa shape index (κ1) is 9.61. The van der Waals surface area contributed by atoms with E-state index in [0.717, 1.165) is 32.4 Å². The third-order valence-electron chi connectivity index (χ3n) is 2.56. The van der Waals surface area contributed by atoms with Gasteiger partial charge in [-0.1, -0.05) is 5.16 Å². The fraction of sp³-hybridized carbons (Fsp3) is 0.778. The molecule has 0 bridgehead atoms. The van der Waals surface area contributed by atoms with Gasteiger partial charge in [0.15, 0.2) is 6.33 Å². The molecule has 2 heterocycles. The minimum Gasteiger partial charge on any atom is -0.393 e. The first-order valence-corrected chi connectivity index (χ1v) is 5.00. The van der Waals surface area contributed by atoms with Crippen LogP contribution >= 0.6 is 0 Å². The van der Waals surface area contributed by atoms with Crippen LogP contribution in [0.25, 0.3) is 0 Å². The monoisotopic (exact) mass is 197 g/mol. The van der Waals surface area contributed by atoms with Gasteiger partial charge in [-0.3, -0.25) is 4.90 Å². The molecule has 0 spiro atoms. The summed E-state index contributed by atoms with van der Waals surface area (Å²) in [5.41, 5.74) is 0. The summed E-state index contributed by atoms with van der Waals surface area (Å²) in [7, 11) is 0. The van der Waals surface area contributed by atoms with E-state index in [1.165, 1.54) is 6.33 Å². The lowest BCUT2D eigenvalue weighted by molar-refractivity contribution is 0.152. The Kier molecular flexibility index (Phi) is 3.10. The molecule has 5 nitrogen and oxygen atoms in total. The Bertz CT molecular complexity index is 263. The number of hydrogen-bond donors (Lipinski definition) is 1. The molecule has 1 unspecified atom stereocenters. The predicted molar refractivity (Wildman–Crippen MR) is 49.4 cm³/mol. The largest absolute Gasteiger partial charge is 0.393 e. The van der Waals surface area contributed by atoms with Gasteiger partial charge >= 0.3 is 0 Å². The molecule has 1 N–H and O–H groups in total. The SMILES string of the molecule is OC1CCCN(Cc2ncno2)CC1. The number of nitrogens with zero attached hydrogens (tertiary/aromatic N) is 3. The topological polar surface area (TPSA) is 62.4 Å². The van der Waals surface area contributed by atoms with Crippen LogP contribution in [0.5, 0.6) is 0 Å². The van der Waals surface area contributed by atoms with Crippen LogP contribution in [0.2, 0.25) is 0 Å². The highest BCUT2D eigenvalue weighted by Gasteiger charge is 2.16. The van der Waals surface area contributed by atoms with Gasteiger partial charge in [-0.15, -0.1) is 0 Å². The third kappa shape index (κ3) is 2.52. The molecule has 0 amide bonds. The van der Waals surface area contributed by atoms with Crippen LogP contribution < -0.4 is 0 Å². The quantitative estimate of drug-likeness (QED) is 0.744. The maximum atomic E-state index is 9.45. The van der Waals surface area contributed by atoms with Crippen LogP contribution in [0.4, 0.5) is 0 Å². The highest BCUT2D eigenvalue weighted by atomic mass is 16.5. The Balaban J connectivity index is 1.86. The van der Waals surface area contributed by atoms with Crippen molar-refractivity contribution in [3.63, 3.8) is 0 Å². The van der Waals surface area contributed by atoms with Crippen LogP contribution in [0.3, 0.4) is 0 Å². The van der Waals surface area contributed by atoms with Crippen molar-refractivity contribution in [2.24, 2.45) is 0 Å². The van der Waals surface area contributed by atoms with Crippen molar-refractivity contribution in [3.8, 4) is 0 Å². The van der Waals surface area contributed by atoms with Crippen molar-refractivity contribution >= 4 is 0 Å². The Morgan fingerprint density at radius 3 is 3.21 bits per heavy atom. The normalized spacial score (nSPS) is 24.8. The predicted octanol–water partition coefficient (Wildman–Crippen LogP) is 0.416. The van der Waals surface area contributed by atoms with Crippen molar-refractivity contribution in [1.82, 2.24) is 15.0 Å². The minimum atomic E-state index is -0.136. The standard InChI is InChI=1S/C9H15N3O2/c13-8-2-1-4-12(5-3-8)6-9-10-7-11-14-9/h7-8,13H,1-6H2. The van der Waals surface area contributed by atoms with E-state index >= 15 is 0 Å². The summed E-state index contributed by atoms with van der Waals surface area (Å²) in [6, 6.07) is 0. The van der Waals surface area contributed by atoms with E-state index in [9.17, 15) is 5.11 Å². The zero-order valence-corrected chi connectivity index (χ0v) is 8.09. The molecule has 1 atom stereocenters. The molecule has 1 fully saturated rings. The molecule has 14 heavy (non-hydrogen) atoms. The zero-order valence-electron chi connectivity index (χ0n) is 8.09. The van der Waals surface area contributed by atoms with Gasteiger partial charge in [0.25, 0.3) is 0 Å². The summed E-state index contributed by atoms with van der Waals surface area (Å²) >= 11 is 0. The van der Waals surface area contributed by atoms with Crippen molar-refractivity contribution in [2.75, 3.05) is 13.1 Å². The molecule has 0 radical (unpaired) electrons. The van der Waals surface area contributed by atoms with E-state index < -0.39 is 0 Å². The van der Waals surface area contributed by atoms with E-state index in [0.29, 0.717) is 12.4 Å². The molecule has 1 aromatic heterocycles. The van der Waals surface area contributed by atoms with Gasteiger partial charge < -0.3 is 9.63 Å². The number of aliphatic hydroxyl groups is 1. The van der Waals surface area contributed by atoms with Gasteiger partial charge in [0, 0.05) is 6.54 Å². The van der Waals surface area contributed by atoms with Gasteiger partial charge in [-0.05, 0) is 25.8 Å². The molecule has 5 heteroatoms. The Morgan fingerprint density at radius 2 is 2.43 bits per heavy atom. The molecule has 1 aliphatic heterocycles. The fourth-order valence-electron chi connectivity index (χ4n) is 1.75. The number of aromatic nitrogens is 2. The van der Waals surface area contributed by atoms with Crippen LogP contribution in [0, 0.1) is 0 Å². The second-order valence-corrected chi connectivity index (χ2v) is 3.70. The molecule has 78 valence electrons. The highest BCUT2D eigenvalue weighted by Crippen LogP contribution is 2.12. The molecule has 0 saturated carbocycles. The first-order valence-electron chi connectivity index (χ1n) is 5.00. The summed E-state index contributed by atoms with van der Waals surface area (Å²) in [5, 5.41) is 13.0. The van der Waals surface area contributed by atoms with Gasteiger partial charge in [0.2, 0.25) is 5.89 Å². The molecule has 0 aliphatic carbocycles. The number of likely N-dealkylation sites (tertiary alicyclic amines) is 1. The summed E-state index contributed by atoms with van der Waals surface area (Å²) < 4.78 is 4.94. The van der Waals surface area contributed by atoms with Crippen molar-refractivity contribution in [2.45, 2.75) is 31.9 Å². The molecule has 1 aromatic rings. The molecule has 1 saturated heterocycles. The number of hydrogen-bond acceptors (Lipinski definition) is 5. The second kappa shape index (κ2) is 4.52. The Hall–Kier alpha value is -0.940. The highest BCUT2D eigenvalue weighted by molar-refractivity contribution is 4.77. The van der Waals surface area contributed by atoms with Crippen molar-refractivity contribution < 1.29 is 9.63 Å². The summed E-state index contributed by atoms with van der Waals surface area (Å²) in [6.45, 7) is 2.61. The van der Waals surface area contributed by atoms with E-state index in [4.69, 9.17) is 4.52 Å². The summed E-state index contributed by atoms with van der Waals surface area (Å²) in [4.78, 5) is 6.22. The van der Waals surface area contributed by atoms with Gasteiger partial charge in [0.1, 0.15) is 0 Å². The molecular weight excluding hydrogens is 182 g/mol. The zero-order chi connectivity index (χ0) is 9.80. The summed E-state index contributed by atoms with van der Waals surface area (Å²) in [5.74, 6) is 0.654. The van der Waals surface area contributed by atoms with Gasteiger partial charge in [-0.25, -0.2) is 0 Å². The minimum absolute atomic E-state index is 0.136. The third-order valence-corrected chi connectivity index (χ3v) is 2.56. The Labute approximate surface area is 82.7 Å². The van der Waals surface area contributed by atoms with Crippen LogP contribution in [0.1, 0.15) is 25.2 Å². The smallest absolute Gasteiger partial charge is 0.240 e. The molecule has 1 aliphatic rings. The van der Waals surface area contributed by atoms with E-state index in [-0.39, 0.29) is 6.10 Å². The summed E-state index contributed by atoms with van der Waals surface area (Å²) in [6.07, 6.45) is 4.06. The van der Waals surface area contributed by atoms with Crippen LogP contribution in [-0.2, 0) is 6.54 Å². The number of aliphatic hydroxyl groups excluding tert-OH is 1. The van der Waals surface area contributed by atoms with E-state index in [1.54, 1.807) is 0 Å². The maximum absolute atomic E-state index is 9.45. The molecule has 2 rings (SSSR count). The van der Waals surface area contributed by atoms with E-state index in [2.05, 4.69) is 15.0 Å². The van der Waals surface area contributed by atoms with Crippen molar-refractivity contribution in [3.05, 3.63) is 12.2 Å². The Morgan fingerprint density at radius 1 is 1.50 bits per heavy atom. The molecule has 0 aromatic carbocycles. The van der Waals surface area contributed by atoms with Crippen LogP contribution in [-0.4, -0.2) is 39.3 Å². The lowest BCUT2D eigenvalue weighted by atomic mass is 10.2. The average Bonchev–Trinajstić information content (AvgIpc) is 2.58. The number of rotatable bonds is 2. The van der Waals surface area contributed by atoms with E-state index in [1.807, 2.05) is 0 Å². The lowest BCUT2D eigenvalue weighted by Gasteiger charge is -2.16. The fourth-order valence-corrected chi connectivity index (χ4v) is 1.75. The average molecular weight is 197 g/mol. The van der Waals surface area contributed by atoms with Crippen LogP contribution in [0.15, 0.2) is 10.9 Å². The van der Waals surface area contributed by atoms with Gasteiger partial charge in [0.05, 0.1) is 12.6 Å². The molecular formula is C9H15N3O2. The lowest BCUT2D eigenvalue weighted by Crippen LogP contribution is -2.24.